The fourth-order valence-electron chi connectivity index (χ4n) is 1.94. The predicted molar refractivity (Wildman–Crippen MR) is 55.7 cm³/mol. The van der Waals surface area contributed by atoms with E-state index in [0.717, 1.165) is 24.6 Å². The Hall–Kier alpha value is 1.28. The van der Waals surface area contributed by atoms with Crippen LogP contribution in [0.3, 0.4) is 0 Å². The van der Waals surface area contributed by atoms with Crippen LogP contribution in [-0.4, -0.2) is 26.6 Å². The summed E-state index contributed by atoms with van der Waals surface area (Å²) in [5, 5.41) is 2.02. The van der Waals surface area contributed by atoms with E-state index in [1.54, 1.807) is 11.3 Å². The first-order chi connectivity index (χ1) is 6.73. The van der Waals surface area contributed by atoms with Crippen LogP contribution in [0.1, 0.15) is 6.92 Å². The summed E-state index contributed by atoms with van der Waals surface area (Å²) in [4.78, 5) is 0. The summed E-state index contributed by atoms with van der Waals surface area (Å²) >= 11 is 1.63. The third kappa shape index (κ3) is 2.17. The van der Waals surface area contributed by atoms with E-state index >= 15 is 0 Å². The van der Waals surface area contributed by atoms with Gasteiger partial charge in [0.05, 0.1) is 0 Å². The van der Waals surface area contributed by atoms with E-state index < -0.39 is 6.75 Å². The summed E-state index contributed by atoms with van der Waals surface area (Å²) < 4.78 is 18.3. The van der Waals surface area contributed by atoms with Crippen molar-refractivity contribution in [2.45, 2.75) is 6.92 Å². The third-order valence-electron chi connectivity index (χ3n) is 2.85. The number of rotatable bonds is 1. The Bertz CT molecular complexity index is 319. The van der Waals surface area contributed by atoms with Gasteiger partial charge in [-0.15, -0.1) is 0 Å². The maximum Gasteiger partial charge on any atom is 1.00 e. The van der Waals surface area contributed by atoms with E-state index in [1.807, 2.05) is 17.5 Å². The predicted octanol–water partition coefficient (Wildman–Crippen LogP) is -2.02. The first-order valence-electron chi connectivity index (χ1n) is 4.82. The van der Waals surface area contributed by atoms with Crippen LogP contribution in [0.4, 0.5) is 0 Å². The van der Waals surface area contributed by atoms with Gasteiger partial charge in [-0.2, -0.15) is 11.3 Å². The van der Waals surface area contributed by atoms with Crippen molar-refractivity contribution in [2.24, 2.45) is 5.41 Å². The summed E-state index contributed by atoms with van der Waals surface area (Å²) in [5.41, 5.74) is 0.0563. The van der Waals surface area contributed by atoms with E-state index in [4.69, 9.17) is 14.0 Å². The van der Waals surface area contributed by atoms with Crippen LogP contribution in [0.15, 0.2) is 17.5 Å². The molecule has 4 rings (SSSR count). The summed E-state index contributed by atoms with van der Waals surface area (Å²) in [5.74, 6) is 0. The molecule has 1 aromatic rings. The van der Waals surface area contributed by atoms with Crippen LogP contribution in [0.5, 0.6) is 0 Å². The Morgan fingerprint density at radius 1 is 1.27 bits per heavy atom. The van der Waals surface area contributed by atoms with Gasteiger partial charge in [0.15, 0.2) is 0 Å². The summed E-state index contributed by atoms with van der Waals surface area (Å²) in [6.45, 7) is 2.76. The molecule has 0 amide bonds. The van der Waals surface area contributed by atoms with Crippen molar-refractivity contribution in [1.29, 1.82) is 0 Å². The molecule has 4 heterocycles. The van der Waals surface area contributed by atoms with Crippen molar-refractivity contribution in [3.05, 3.63) is 17.5 Å². The fourth-order valence-corrected chi connectivity index (χ4v) is 2.78. The maximum absolute atomic E-state index is 5.74. The summed E-state index contributed by atoms with van der Waals surface area (Å²) in [6.07, 6.45) is 0. The maximum atomic E-state index is 5.74. The third-order valence-corrected chi connectivity index (χ3v) is 3.84. The van der Waals surface area contributed by atoms with Gasteiger partial charge in [-0.05, 0) is 5.38 Å². The van der Waals surface area contributed by atoms with Gasteiger partial charge in [-0.3, -0.25) is 0 Å². The number of hydrogen-bond donors (Lipinski definition) is 0. The van der Waals surface area contributed by atoms with Gasteiger partial charge < -0.3 is 14.0 Å². The van der Waals surface area contributed by atoms with Crippen molar-refractivity contribution in [3.63, 3.8) is 0 Å². The standard InChI is InChI=1S/C9H12BO3S.K/c1-9-5-11-10(12-6-9,13-7-9)8-3-2-4-14-8;/h2-4H,5-7H2,1H3;/q-1;+1. The first kappa shape index (κ1) is 12.7. The smallest absolute Gasteiger partial charge is 0.540 e. The molecule has 1 aromatic heterocycles. The second kappa shape index (κ2) is 4.51. The molecular weight excluding hydrogens is 238 g/mol. The topological polar surface area (TPSA) is 27.7 Å². The molecule has 0 N–H and O–H groups in total. The molecule has 3 aliphatic heterocycles. The molecule has 2 bridgehead atoms. The molecule has 0 aliphatic carbocycles. The molecule has 0 radical (unpaired) electrons. The van der Waals surface area contributed by atoms with E-state index in [-0.39, 0.29) is 56.8 Å². The molecule has 0 atom stereocenters. The Morgan fingerprint density at radius 2 is 1.87 bits per heavy atom. The summed E-state index contributed by atoms with van der Waals surface area (Å²) in [7, 11) is 0. The Balaban J connectivity index is 0.000000853. The van der Waals surface area contributed by atoms with Crippen LogP contribution < -0.4 is 56.2 Å². The van der Waals surface area contributed by atoms with Gasteiger partial charge in [0.25, 0.3) is 0 Å². The van der Waals surface area contributed by atoms with Gasteiger partial charge in [-0.1, -0.05) is 23.8 Å². The van der Waals surface area contributed by atoms with Crippen molar-refractivity contribution in [2.75, 3.05) is 19.8 Å². The molecule has 76 valence electrons. The van der Waals surface area contributed by atoms with Crippen LogP contribution in [-0.2, 0) is 14.0 Å². The molecule has 3 saturated heterocycles. The second-order valence-corrected chi connectivity index (χ2v) is 5.38. The van der Waals surface area contributed by atoms with Gasteiger partial charge >= 0.3 is 58.1 Å². The van der Waals surface area contributed by atoms with Crippen LogP contribution >= 0.6 is 11.3 Å². The Morgan fingerprint density at radius 3 is 2.33 bits per heavy atom. The molecule has 0 aromatic carbocycles. The minimum atomic E-state index is -1.59. The second-order valence-electron chi connectivity index (χ2n) is 4.40. The molecule has 3 nitrogen and oxygen atoms in total. The summed E-state index contributed by atoms with van der Waals surface area (Å²) in [6, 6.07) is 4.01. The quantitative estimate of drug-likeness (QED) is 0.539. The van der Waals surface area contributed by atoms with Crippen molar-refractivity contribution >= 4 is 22.9 Å². The van der Waals surface area contributed by atoms with Crippen LogP contribution in [0, 0.1) is 5.41 Å². The molecule has 3 fully saturated rings. The van der Waals surface area contributed by atoms with E-state index in [1.165, 1.54) is 0 Å². The molecule has 0 unspecified atom stereocenters. The largest absolute Gasteiger partial charge is 1.00 e. The number of fused-ring (bicyclic) bond motifs is 3. The zero-order valence-electron chi connectivity index (χ0n) is 9.06. The molecule has 3 aliphatic rings. The molecule has 0 saturated carbocycles. The fraction of sp³-hybridized carbons (Fsp3) is 0.556. The molecular formula is C9H12BKO3S. The zero-order chi connectivity index (χ0) is 9.65. The average Bonchev–Trinajstić information content (AvgIpc) is 2.73. The minimum absolute atomic E-state index is 0. The van der Waals surface area contributed by atoms with Gasteiger partial charge in [0.2, 0.25) is 0 Å². The SMILES string of the molecule is CC12CO[B-](c3cccs3)(OC1)OC2.[K+]. The minimum Gasteiger partial charge on any atom is -0.540 e. The first-order valence-corrected chi connectivity index (χ1v) is 5.70. The van der Waals surface area contributed by atoms with E-state index in [2.05, 4.69) is 6.92 Å². The zero-order valence-corrected chi connectivity index (χ0v) is 13.0. The van der Waals surface area contributed by atoms with Crippen molar-refractivity contribution in [1.82, 2.24) is 0 Å². The molecule has 6 heteroatoms. The number of hydrogen-bond acceptors (Lipinski definition) is 4. The molecule has 0 spiro atoms. The van der Waals surface area contributed by atoms with Crippen molar-refractivity contribution in [3.8, 4) is 0 Å². The van der Waals surface area contributed by atoms with Gasteiger partial charge in [0.1, 0.15) is 0 Å². The monoisotopic (exact) mass is 250 g/mol. The van der Waals surface area contributed by atoms with Gasteiger partial charge in [0, 0.05) is 25.2 Å². The van der Waals surface area contributed by atoms with Crippen molar-refractivity contribution < 1.29 is 65.3 Å². The van der Waals surface area contributed by atoms with E-state index in [9.17, 15) is 0 Å². The van der Waals surface area contributed by atoms with E-state index in [0.29, 0.717) is 0 Å². The number of thiophene rings is 1. The van der Waals surface area contributed by atoms with Crippen LogP contribution in [0.25, 0.3) is 0 Å². The van der Waals surface area contributed by atoms with Crippen LogP contribution in [0.2, 0.25) is 0 Å². The normalized spacial score (nSPS) is 38.7. The molecule has 15 heavy (non-hydrogen) atoms. The Kier molecular flexibility index (Phi) is 3.83. The van der Waals surface area contributed by atoms with Gasteiger partial charge in [-0.25, -0.2) is 0 Å². The average molecular weight is 250 g/mol. The Labute approximate surface area is 136 Å².